The smallest absolute Gasteiger partial charge is 0.0987 e. The lowest BCUT2D eigenvalue weighted by atomic mass is 10.1. The summed E-state index contributed by atoms with van der Waals surface area (Å²) in [4.78, 5) is 0.285. The van der Waals surface area contributed by atoms with Crippen LogP contribution in [0.1, 0.15) is 36.1 Å². The highest BCUT2D eigenvalue weighted by atomic mass is 79.9. The number of ether oxygens (including phenoxy) is 1. The second-order valence-corrected chi connectivity index (χ2v) is 7.35. The van der Waals surface area contributed by atoms with Crippen molar-refractivity contribution in [2.45, 2.75) is 36.6 Å². The van der Waals surface area contributed by atoms with Gasteiger partial charge in [0.1, 0.15) is 0 Å². The fraction of sp³-hybridized carbons (Fsp3) is 0.636. The minimum absolute atomic E-state index is 0.285. The van der Waals surface area contributed by atoms with E-state index in [4.69, 9.17) is 27.9 Å². The molecule has 1 aliphatic heterocycles. The Bertz CT molecular complexity index is 350. The van der Waals surface area contributed by atoms with Crippen LogP contribution in [-0.4, -0.2) is 12.7 Å². The van der Waals surface area contributed by atoms with E-state index in [9.17, 15) is 0 Å². The SMILES string of the molecule is Clc1cc(C(Br)CCC2CCCO2)c(Cl)s1. The molecule has 0 amide bonds. The van der Waals surface area contributed by atoms with Gasteiger partial charge in [0.2, 0.25) is 0 Å². The van der Waals surface area contributed by atoms with Gasteiger partial charge < -0.3 is 4.74 Å². The summed E-state index contributed by atoms with van der Waals surface area (Å²) in [6.45, 7) is 0.919. The molecule has 5 heteroatoms. The van der Waals surface area contributed by atoms with Crippen LogP contribution in [0.3, 0.4) is 0 Å². The lowest BCUT2D eigenvalue weighted by Crippen LogP contribution is -2.05. The number of hydrogen-bond donors (Lipinski definition) is 0. The summed E-state index contributed by atoms with van der Waals surface area (Å²) in [5.41, 5.74) is 1.11. The molecule has 1 aromatic heterocycles. The fourth-order valence-corrected chi connectivity index (χ4v) is 4.41. The molecule has 2 rings (SSSR count). The van der Waals surface area contributed by atoms with Crippen molar-refractivity contribution in [2.24, 2.45) is 0 Å². The minimum Gasteiger partial charge on any atom is -0.378 e. The maximum Gasteiger partial charge on any atom is 0.0987 e. The van der Waals surface area contributed by atoms with Crippen LogP contribution in [0.5, 0.6) is 0 Å². The van der Waals surface area contributed by atoms with Crippen LogP contribution in [0, 0.1) is 0 Å². The molecular weight excluding hydrogens is 331 g/mol. The van der Waals surface area contributed by atoms with Crippen LogP contribution >= 0.6 is 50.5 Å². The quantitative estimate of drug-likeness (QED) is 0.660. The first kappa shape index (κ1) is 13.2. The maximum absolute atomic E-state index is 6.11. The largest absolute Gasteiger partial charge is 0.378 e. The summed E-state index contributed by atoms with van der Waals surface area (Å²) in [7, 11) is 0. The highest BCUT2D eigenvalue weighted by Gasteiger charge is 2.19. The van der Waals surface area contributed by atoms with Crippen LogP contribution in [0.2, 0.25) is 8.67 Å². The number of alkyl halides is 1. The van der Waals surface area contributed by atoms with Crippen LogP contribution < -0.4 is 0 Å². The van der Waals surface area contributed by atoms with E-state index in [1.165, 1.54) is 24.2 Å². The molecule has 0 saturated carbocycles. The van der Waals surface area contributed by atoms with Crippen molar-refractivity contribution in [3.8, 4) is 0 Å². The predicted molar refractivity (Wildman–Crippen MR) is 74.2 cm³/mol. The molecule has 1 aromatic rings. The molecule has 16 heavy (non-hydrogen) atoms. The average molecular weight is 344 g/mol. The Morgan fingerprint density at radius 1 is 1.56 bits per heavy atom. The van der Waals surface area contributed by atoms with Gasteiger partial charge in [0.25, 0.3) is 0 Å². The Morgan fingerprint density at radius 2 is 2.38 bits per heavy atom. The monoisotopic (exact) mass is 342 g/mol. The first-order valence-electron chi connectivity index (χ1n) is 5.37. The Morgan fingerprint density at radius 3 is 2.94 bits per heavy atom. The Kier molecular flexibility index (Phi) is 4.98. The Labute approximate surface area is 118 Å². The van der Waals surface area contributed by atoms with Crippen molar-refractivity contribution in [2.75, 3.05) is 6.61 Å². The Balaban J connectivity index is 1.87. The van der Waals surface area contributed by atoms with Gasteiger partial charge in [0.15, 0.2) is 0 Å². The zero-order valence-corrected chi connectivity index (χ0v) is 12.6. The molecule has 1 aliphatic rings. The maximum atomic E-state index is 6.11. The van der Waals surface area contributed by atoms with Crippen molar-refractivity contribution >= 4 is 50.5 Å². The number of rotatable bonds is 4. The molecule has 1 fully saturated rings. The zero-order valence-electron chi connectivity index (χ0n) is 8.72. The van der Waals surface area contributed by atoms with Gasteiger partial charge in [-0.15, -0.1) is 11.3 Å². The van der Waals surface area contributed by atoms with Gasteiger partial charge in [0, 0.05) is 11.4 Å². The molecule has 0 N–H and O–H groups in total. The molecule has 0 bridgehead atoms. The molecule has 2 atom stereocenters. The molecular formula is C11H13BrCl2OS. The first-order valence-corrected chi connectivity index (χ1v) is 7.86. The third kappa shape index (κ3) is 3.36. The second kappa shape index (κ2) is 6.05. The van der Waals surface area contributed by atoms with Gasteiger partial charge in [-0.2, -0.15) is 0 Å². The predicted octanol–water partition coefficient (Wildman–Crippen LogP) is 5.45. The van der Waals surface area contributed by atoms with Gasteiger partial charge in [0.05, 0.1) is 14.8 Å². The molecule has 0 aliphatic carbocycles. The van der Waals surface area contributed by atoms with Crippen LogP contribution in [0.25, 0.3) is 0 Å². The molecule has 2 heterocycles. The molecule has 2 unspecified atom stereocenters. The molecule has 1 saturated heterocycles. The third-order valence-electron chi connectivity index (χ3n) is 2.79. The number of thiophene rings is 1. The van der Waals surface area contributed by atoms with E-state index in [0.717, 1.165) is 33.7 Å². The van der Waals surface area contributed by atoms with Crippen LogP contribution in [0.4, 0.5) is 0 Å². The van der Waals surface area contributed by atoms with Crippen LogP contribution in [0.15, 0.2) is 6.07 Å². The van der Waals surface area contributed by atoms with Crippen molar-refractivity contribution in [3.05, 3.63) is 20.3 Å². The first-order chi connectivity index (χ1) is 7.66. The van der Waals surface area contributed by atoms with Gasteiger partial charge in [-0.05, 0) is 37.3 Å². The summed E-state index contributed by atoms with van der Waals surface area (Å²) in [6, 6.07) is 1.95. The van der Waals surface area contributed by atoms with E-state index in [-0.39, 0.29) is 4.83 Å². The summed E-state index contributed by atoms with van der Waals surface area (Å²) in [6.07, 6.45) is 4.95. The topological polar surface area (TPSA) is 9.23 Å². The molecule has 0 spiro atoms. The number of halogens is 3. The third-order valence-corrected chi connectivity index (χ3v) is 5.26. The standard InChI is InChI=1S/C11H13BrCl2OS/c12-9(4-3-7-2-1-5-15-7)8-6-10(13)16-11(8)14/h6-7,9H,1-5H2. The van der Waals surface area contributed by atoms with Crippen LogP contribution in [-0.2, 0) is 4.74 Å². The van der Waals surface area contributed by atoms with Crippen molar-refractivity contribution in [1.82, 2.24) is 0 Å². The van der Waals surface area contributed by atoms with E-state index in [0.29, 0.717) is 6.10 Å². The second-order valence-electron chi connectivity index (χ2n) is 3.96. The minimum atomic E-state index is 0.285. The van der Waals surface area contributed by atoms with E-state index in [1.54, 1.807) is 0 Å². The van der Waals surface area contributed by atoms with Crippen molar-refractivity contribution < 1.29 is 4.74 Å². The molecule has 1 nitrogen and oxygen atoms in total. The van der Waals surface area contributed by atoms with E-state index >= 15 is 0 Å². The lowest BCUT2D eigenvalue weighted by molar-refractivity contribution is 0.102. The van der Waals surface area contributed by atoms with Gasteiger partial charge >= 0.3 is 0 Å². The highest BCUT2D eigenvalue weighted by Crippen LogP contribution is 2.40. The number of hydrogen-bond acceptors (Lipinski definition) is 2. The molecule has 0 radical (unpaired) electrons. The van der Waals surface area contributed by atoms with Gasteiger partial charge in [-0.25, -0.2) is 0 Å². The van der Waals surface area contributed by atoms with E-state index in [2.05, 4.69) is 15.9 Å². The Hall–Kier alpha value is 0.720. The van der Waals surface area contributed by atoms with Gasteiger partial charge in [-0.3, -0.25) is 0 Å². The van der Waals surface area contributed by atoms with Crippen molar-refractivity contribution in [3.63, 3.8) is 0 Å². The lowest BCUT2D eigenvalue weighted by Gasteiger charge is -2.12. The van der Waals surface area contributed by atoms with Crippen molar-refractivity contribution in [1.29, 1.82) is 0 Å². The fourth-order valence-electron chi connectivity index (χ4n) is 1.93. The summed E-state index contributed by atoms with van der Waals surface area (Å²) in [5, 5.41) is 0. The van der Waals surface area contributed by atoms with E-state index in [1.807, 2.05) is 6.07 Å². The molecule has 90 valence electrons. The summed E-state index contributed by atoms with van der Waals surface area (Å²) in [5.74, 6) is 0. The summed E-state index contributed by atoms with van der Waals surface area (Å²) >= 11 is 17.1. The molecule has 0 aromatic carbocycles. The average Bonchev–Trinajstić information content (AvgIpc) is 2.84. The highest BCUT2D eigenvalue weighted by molar-refractivity contribution is 9.09. The van der Waals surface area contributed by atoms with E-state index < -0.39 is 0 Å². The zero-order chi connectivity index (χ0) is 11.5. The van der Waals surface area contributed by atoms with Gasteiger partial charge in [-0.1, -0.05) is 39.1 Å². The summed E-state index contributed by atoms with van der Waals surface area (Å²) < 4.78 is 7.14. The normalized spacial score (nSPS) is 22.6.